The molecule has 0 N–H and O–H groups in total. The Morgan fingerprint density at radius 2 is 1.03 bits per heavy atom. The highest BCUT2D eigenvalue weighted by molar-refractivity contribution is 5.33. The van der Waals surface area contributed by atoms with Gasteiger partial charge < -0.3 is 4.90 Å². The van der Waals surface area contributed by atoms with Gasteiger partial charge in [-0.15, -0.1) is 0 Å². The predicted molar refractivity (Wildman–Crippen MR) is 120 cm³/mol. The van der Waals surface area contributed by atoms with Gasteiger partial charge in [0.05, 0.1) is 0 Å². The van der Waals surface area contributed by atoms with E-state index >= 15 is 0 Å². The summed E-state index contributed by atoms with van der Waals surface area (Å²) in [7, 11) is 0. The van der Waals surface area contributed by atoms with Crippen molar-refractivity contribution >= 4 is 0 Å². The van der Waals surface area contributed by atoms with E-state index < -0.39 is 0 Å². The zero-order valence-corrected chi connectivity index (χ0v) is 17.0. The van der Waals surface area contributed by atoms with Crippen LogP contribution in [-0.4, -0.2) is 42.5 Å². The van der Waals surface area contributed by atoms with Crippen molar-refractivity contribution in [3.05, 3.63) is 108 Å². The molecule has 2 aliphatic heterocycles. The summed E-state index contributed by atoms with van der Waals surface area (Å²) in [5.74, 6) is 2.11. The second-order valence-electron chi connectivity index (χ2n) is 8.79. The first kappa shape index (κ1) is 18.6. The maximum atomic E-state index is 2.72. The van der Waals surface area contributed by atoms with Crippen LogP contribution in [0.15, 0.2) is 91.0 Å². The van der Waals surface area contributed by atoms with Crippen LogP contribution in [0, 0.1) is 11.8 Å². The number of nitrogens with zero attached hydrogens (tertiary/aromatic N) is 2. The highest BCUT2D eigenvalue weighted by Crippen LogP contribution is 2.34. The second-order valence-corrected chi connectivity index (χ2v) is 8.79. The molecule has 0 radical (unpaired) electrons. The first-order valence-electron chi connectivity index (χ1n) is 10.9. The van der Waals surface area contributed by atoms with E-state index in [0.717, 1.165) is 24.9 Å². The Hall–Kier alpha value is -2.42. The summed E-state index contributed by atoms with van der Waals surface area (Å²) >= 11 is 0. The number of hydrogen-bond donors (Lipinski definition) is 0. The van der Waals surface area contributed by atoms with Crippen molar-refractivity contribution in [2.45, 2.75) is 12.5 Å². The molecule has 2 fully saturated rings. The van der Waals surface area contributed by atoms with Gasteiger partial charge in [0.25, 0.3) is 0 Å². The predicted octanol–water partition coefficient (Wildman–Crippen LogP) is 4.88. The SMILES string of the molecule is c1ccc(CN2CC3CN(CC(c4ccccc4)c4ccccc4)CC3C2)cc1. The lowest BCUT2D eigenvalue weighted by Gasteiger charge is -2.26. The van der Waals surface area contributed by atoms with Gasteiger partial charge in [-0.1, -0.05) is 91.0 Å². The molecular formula is C27H30N2. The number of fused-ring (bicyclic) bond motifs is 1. The molecule has 29 heavy (non-hydrogen) atoms. The van der Waals surface area contributed by atoms with E-state index in [9.17, 15) is 0 Å². The molecule has 3 aromatic rings. The second kappa shape index (κ2) is 8.52. The van der Waals surface area contributed by atoms with Crippen LogP contribution in [0.2, 0.25) is 0 Å². The highest BCUT2D eigenvalue weighted by atomic mass is 15.2. The van der Waals surface area contributed by atoms with Crippen LogP contribution in [-0.2, 0) is 6.54 Å². The van der Waals surface area contributed by atoms with E-state index in [4.69, 9.17) is 0 Å². The summed E-state index contributed by atoms with van der Waals surface area (Å²) in [6, 6.07) is 33.0. The summed E-state index contributed by atoms with van der Waals surface area (Å²) in [6.07, 6.45) is 0. The zero-order valence-electron chi connectivity index (χ0n) is 17.0. The first-order valence-corrected chi connectivity index (χ1v) is 10.9. The Bertz CT molecular complexity index is 840. The minimum Gasteiger partial charge on any atom is -0.302 e. The van der Waals surface area contributed by atoms with Gasteiger partial charge in [0.2, 0.25) is 0 Å². The lowest BCUT2D eigenvalue weighted by Crippen LogP contribution is -2.31. The fraction of sp³-hybridized carbons (Fsp3) is 0.333. The van der Waals surface area contributed by atoms with Gasteiger partial charge in [-0.05, 0) is 28.5 Å². The molecule has 0 aromatic heterocycles. The van der Waals surface area contributed by atoms with E-state index in [2.05, 4.69) is 101 Å². The van der Waals surface area contributed by atoms with Gasteiger partial charge in [-0.2, -0.15) is 0 Å². The zero-order chi connectivity index (χ0) is 19.5. The minimum atomic E-state index is 0.455. The summed E-state index contributed by atoms with van der Waals surface area (Å²) in [6.45, 7) is 7.21. The number of rotatable bonds is 6. The smallest absolute Gasteiger partial charge is 0.0233 e. The van der Waals surface area contributed by atoms with Crippen LogP contribution in [0.5, 0.6) is 0 Å². The molecule has 2 aliphatic rings. The average Bonchev–Trinajstić information content (AvgIpc) is 3.32. The fourth-order valence-corrected chi connectivity index (χ4v) is 5.34. The molecule has 2 atom stereocenters. The number of benzene rings is 3. The van der Waals surface area contributed by atoms with E-state index in [-0.39, 0.29) is 0 Å². The molecule has 0 spiro atoms. The molecule has 0 saturated carbocycles. The lowest BCUT2D eigenvalue weighted by molar-refractivity contribution is 0.247. The molecule has 0 amide bonds. The Morgan fingerprint density at radius 3 is 1.55 bits per heavy atom. The summed E-state index contributed by atoms with van der Waals surface area (Å²) in [4.78, 5) is 5.38. The first-order chi connectivity index (χ1) is 14.3. The van der Waals surface area contributed by atoms with Gasteiger partial charge in [-0.3, -0.25) is 4.90 Å². The van der Waals surface area contributed by atoms with E-state index in [1.807, 2.05) is 0 Å². The van der Waals surface area contributed by atoms with E-state index in [0.29, 0.717) is 5.92 Å². The lowest BCUT2D eigenvalue weighted by atomic mass is 9.91. The van der Waals surface area contributed by atoms with E-state index in [1.165, 1.54) is 42.9 Å². The van der Waals surface area contributed by atoms with Crippen LogP contribution < -0.4 is 0 Å². The normalized spacial score (nSPS) is 22.2. The molecule has 2 unspecified atom stereocenters. The van der Waals surface area contributed by atoms with Crippen LogP contribution in [0.1, 0.15) is 22.6 Å². The Balaban J connectivity index is 1.24. The van der Waals surface area contributed by atoms with Crippen LogP contribution in [0.25, 0.3) is 0 Å². The largest absolute Gasteiger partial charge is 0.302 e. The number of likely N-dealkylation sites (tertiary alicyclic amines) is 2. The average molecular weight is 383 g/mol. The van der Waals surface area contributed by atoms with E-state index in [1.54, 1.807) is 0 Å². The maximum absolute atomic E-state index is 2.72. The molecule has 148 valence electrons. The van der Waals surface area contributed by atoms with Gasteiger partial charge in [-0.25, -0.2) is 0 Å². The Morgan fingerprint density at radius 1 is 0.586 bits per heavy atom. The molecule has 2 heterocycles. The third-order valence-corrected chi connectivity index (χ3v) is 6.73. The fourth-order valence-electron chi connectivity index (χ4n) is 5.34. The molecule has 3 aromatic carbocycles. The highest BCUT2D eigenvalue weighted by Gasteiger charge is 2.40. The summed E-state index contributed by atoms with van der Waals surface area (Å²) < 4.78 is 0. The third kappa shape index (κ3) is 4.29. The summed E-state index contributed by atoms with van der Waals surface area (Å²) in [5.41, 5.74) is 4.31. The topological polar surface area (TPSA) is 6.48 Å². The van der Waals surface area contributed by atoms with Gasteiger partial charge in [0.15, 0.2) is 0 Å². The quantitative estimate of drug-likeness (QED) is 0.599. The molecule has 2 heteroatoms. The van der Waals surface area contributed by atoms with Crippen molar-refractivity contribution in [2.24, 2.45) is 11.8 Å². The van der Waals surface area contributed by atoms with Crippen LogP contribution in [0.4, 0.5) is 0 Å². The monoisotopic (exact) mass is 382 g/mol. The maximum Gasteiger partial charge on any atom is 0.0233 e. The molecule has 2 nitrogen and oxygen atoms in total. The number of hydrogen-bond acceptors (Lipinski definition) is 2. The van der Waals surface area contributed by atoms with Gasteiger partial charge in [0, 0.05) is 45.2 Å². The molecule has 5 rings (SSSR count). The standard InChI is InChI=1S/C27H30N2/c1-4-10-22(11-5-1)16-28-17-25-19-29(20-26(25)18-28)21-27(23-12-6-2-7-13-23)24-14-8-3-9-15-24/h1-15,25-27H,16-21H2. The summed E-state index contributed by atoms with van der Waals surface area (Å²) in [5, 5.41) is 0. The van der Waals surface area contributed by atoms with Crippen molar-refractivity contribution in [3.8, 4) is 0 Å². The van der Waals surface area contributed by atoms with Crippen molar-refractivity contribution in [2.75, 3.05) is 32.7 Å². The minimum absolute atomic E-state index is 0.455. The van der Waals surface area contributed by atoms with Gasteiger partial charge in [0.1, 0.15) is 0 Å². The van der Waals surface area contributed by atoms with Crippen molar-refractivity contribution < 1.29 is 0 Å². The van der Waals surface area contributed by atoms with Crippen molar-refractivity contribution in [1.29, 1.82) is 0 Å². The van der Waals surface area contributed by atoms with Crippen LogP contribution >= 0.6 is 0 Å². The van der Waals surface area contributed by atoms with Crippen molar-refractivity contribution in [3.63, 3.8) is 0 Å². The van der Waals surface area contributed by atoms with Crippen LogP contribution in [0.3, 0.4) is 0 Å². The Kier molecular flexibility index (Phi) is 5.47. The third-order valence-electron chi connectivity index (χ3n) is 6.73. The Labute approximate surface area is 174 Å². The molecule has 0 bridgehead atoms. The van der Waals surface area contributed by atoms with Crippen molar-refractivity contribution in [1.82, 2.24) is 9.80 Å². The molecule has 2 saturated heterocycles. The molecule has 0 aliphatic carbocycles. The molecular weight excluding hydrogens is 352 g/mol. The van der Waals surface area contributed by atoms with Gasteiger partial charge >= 0.3 is 0 Å².